The molecule has 0 aliphatic carbocycles. The number of hydrogen-bond donors (Lipinski definition) is 2. The number of rotatable bonds is 9. The molecule has 0 unspecified atom stereocenters. The smallest absolute Gasteiger partial charge is 0.265 e. The molecule has 0 spiro atoms. The van der Waals surface area contributed by atoms with Crippen LogP contribution < -0.4 is 19.7 Å². The molecule has 3 aromatic rings. The van der Waals surface area contributed by atoms with Gasteiger partial charge in [0.2, 0.25) is 10.0 Å². The SMILES string of the molecule is C[C@@H](Oc1ccc(N(C)S(C)(=O)=O)cc1)C(=O)Nc1ccccc1C(=O)N[C@H](C)c1ccccc1. The highest BCUT2D eigenvalue weighted by molar-refractivity contribution is 7.92. The van der Waals surface area contributed by atoms with Gasteiger partial charge in [-0.3, -0.25) is 13.9 Å². The number of nitrogens with zero attached hydrogens (tertiary/aromatic N) is 1. The maximum Gasteiger partial charge on any atom is 0.265 e. The highest BCUT2D eigenvalue weighted by Gasteiger charge is 2.20. The van der Waals surface area contributed by atoms with Crippen molar-refractivity contribution in [2.45, 2.75) is 26.0 Å². The summed E-state index contributed by atoms with van der Waals surface area (Å²) in [5.74, 6) is -0.337. The predicted octanol–water partition coefficient (Wildman–Crippen LogP) is 3.98. The average molecular weight is 496 g/mol. The van der Waals surface area contributed by atoms with E-state index in [0.717, 1.165) is 16.1 Å². The first-order valence-corrected chi connectivity index (χ1v) is 12.9. The standard InChI is InChI=1S/C26H29N3O5S/c1-18(20-10-6-5-7-11-20)27-26(31)23-12-8-9-13-24(23)28-25(30)19(2)34-22-16-14-21(15-17-22)29(3)35(4,32)33/h5-19H,1-4H3,(H,27,31)(H,28,30)/t18-,19-/m1/s1. The molecule has 0 aliphatic rings. The first-order chi connectivity index (χ1) is 16.6. The van der Waals surface area contributed by atoms with Crippen molar-refractivity contribution in [1.29, 1.82) is 0 Å². The number of sulfonamides is 1. The zero-order valence-corrected chi connectivity index (χ0v) is 20.9. The van der Waals surface area contributed by atoms with Gasteiger partial charge < -0.3 is 15.4 Å². The Bertz CT molecular complexity index is 1280. The molecule has 9 heteroatoms. The summed E-state index contributed by atoms with van der Waals surface area (Å²) in [4.78, 5) is 25.7. The van der Waals surface area contributed by atoms with E-state index in [2.05, 4.69) is 10.6 Å². The second kappa shape index (κ2) is 11.1. The summed E-state index contributed by atoms with van der Waals surface area (Å²) in [5.41, 5.74) is 2.15. The van der Waals surface area contributed by atoms with E-state index in [4.69, 9.17) is 4.74 Å². The van der Waals surface area contributed by atoms with Crippen LogP contribution in [0.25, 0.3) is 0 Å². The van der Waals surface area contributed by atoms with Gasteiger partial charge in [0.1, 0.15) is 5.75 Å². The molecule has 3 aromatic carbocycles. The Morgan fingerprint density at radius 2 is 1.49 bits per heavy atom. The third-order valence-electron chi connectivity index (χ3n) is 5.46. The van der Waals surface area contributed by atoms with E-state index in [9.17, 15) is 18.0 Å². The molecule has 3 rings (SSSR count). The number of nitrogens with one attached hydrogen (secondary N) is 2. The van der Waals surface area contributed by atoms with Gasteiger partial charge in [-0.1, -0.05) is 42.5 Å². The van der Waals surface area contributed by atoms with Crippen molar-refractivity contribution >= 4 is 33.2 Å². The first kappa shape index (κ1) is 25.8. The molecule has 0 fully saturated rings. The van der Waals surface area contributed by atoms with Crippen LogP contribution in [0.3, 0.4) is 0 Å². The van der Waals surface area contributed by atoms with Crippen LogP contribution in [0.15, 0.2) is 78.9 Å². The molecule has 0 aromatic heterocycles. The molecule has 184 valence electrons. The minimum atomic E-state index is -3.38. The fourth-order valence-electron chi connectivity index (χ4n) is 3.31. The van der Waals surface area contributed by atoms with E-state index in [0.29, 0.717) is 22.7 Å². The summed E-state index contributed by atoms with van der Waals surface area (Å²) in [7, 11) is -1.93. The van der Waals surface area contributed by atoms with Crippen molar-refractivity contribution in [3.05, 3.63) is 90.0 Å². The maximum absolute atomic E-state index is 12.9. The van der Waals surface area contributed by atoms with Gasteiger partial charge in [0, 0.05) is 7.05 Å². The lowest BCUT2D eigenvalue weighted by molar-refractivity contribution is -0.122. The molecule has 35 heavy (non-hydrogen) atoms. The van der Waals surface area contributed by atoms with Crippen LogP contribution >= 0.6 is 0 Å². The van der Waals surface area contributed by atoms with E-state index in [1.165, 1.54) is 7.05 Å². The van der Waals surface area contributed by atoms with Crippen LogP contribution in [-0.4, -0.2) is 39.6 Å². The topological polar surface area (TPSA) is 105 Å². The fraction of sp³-hybridized carbons (Fsp3) is 0.231. The predicted molar refractivity (Wildman–Crippen MR) is 137 cm³/mol. The van der Waals surface area contributed by atoms with Gasteiger partial charge in [0.15, 0.2) is 6.10 Å². The van der Waals surface area contributed by atoms with Crippen molar-refractivity contribution in [2.75, 3.05) is 22.9 Å². The first-order valence-electron chi connectivity index (χ1n) is 11.0. The number of ether oxygens (including phenoxy) is 1. The van der Waals surface area contributed by atoms with Gasteiger partial charge in [0.25, 0.3) is 11.8 Å². The minimum Gasteiger partial charge on any atom is -0.481 e. The highest BCUT2D eigenvalue weighted by atomic mass is 32.2. The Balaban J connectivity index is 1.65. The van der Waals surface area contributed by atoms with Gasteiger partial charge in [-0.15, -0.1) is 0 Å². The zero-order chi connectivity index (χ0) is 25.6. The van der Waals surface area contributed by atoms with E-state index < -0.39 is 22.0 Å². The number of anilines is 2. The Morgan fingerprint density at radius 1 is 0.886 bits per heavy atom. The summed E-state index contributed by atoms with van der Waals surface area (Å²) in [5, 5.41) is 5.71. The molecule has 2 atom stereocenters. The Kier molecular flexibility index (Phi) is 8.14. The quantitative estimate of drug-likeness (QED) is 0.467. The van der Waals surface area contributed by atoms with Crippen LogP contribution in [0.4, 0.5) is 11.4 Å². The molecule has 0 radical (unpaired) electrons. The molecule has 8 nitrogen and oxygen atoms in total. The Labute approximate surface area is 206 Å². The largest absolute Gasteiger partial charge is 0.481 e. The zero-order valence-electron chi connectivity index (χ0n) is 20.1. The Morgan fingerprint density at radius 3 is 2.11 bits per heavy atom. The molecular weight excluding hydrogens is 466 g/mol. The second-order valence-electron chi connectivity index (χ2n) is 8.13. The second-order valence-corrected chi connectivity index (χ2v) is 10.1. The number of hydrogen-bond acceptors (Lipinski definition) is 5. The summed E-state index contributed by atoms with van der Waals surface area (Å²) in [6.07, 6.45) is 0.248. The van der Waals surface area contributed by atoms with Crippen LogP contribution in [0.1, 0.15) is 35.8 Å². The fourth-order valence-corrected chi connectivity index (χ4v) is 3.81. The molecule has 0 saturated carbocycles. The van der Waals surface area contributed by atoms with Gasteiger partial charge in [-0.2, -0.15) is 0 Å². The lowest BCUT2D eigenvalue weighted by Crippen LogP contribution is -2.32. The van der Waals surface area contributed by atoms with Crippen molar-refractivity contribution in [2.24, 2.45) is 0 Å². The highest BCUT2D eigenvalue weighted by Crippen LogP contribution is 2.22. The monoisotopic (exact) mass is 495 g/mol. The molecule has 0 heterocycles. The van der Waals surface area contributed by atoms with Crippen molar-refractivity contribution in [3.8, 4) is 5.75 Å². The van der Waals surface area contributed by atoms with Crippen molar-refractivity contribution < 1.29 is 22.7 Å². The third-order valence-corrected chi connectivity index (χ3v) is 6.66. The lowest BCUT2D eigenvalue weighted by Gasteiger charge is -2.19. The number of carbonyl (C=O) groups is 2. The van der Waals surface area contributed by atoms with E-state index in [-0.39, 0.29) is 11.9 Å². The van der Waals surface area contributed by atoms with Gasteiger partial charge in [-0.05, 0) is 55.8 Å². The molecule has 2 amide bonds. The Hall–Kier alpha value is -3.85. The van der Waals surface area contributed by atoms with Crippen LogP contribution in [-0.2, 0) is 14.8 Å². The number of amides is 2. The van der Waals surface area contributed by atoms with Gasteiger partial charge in [0.05, 0.1) is 29.2 Å². The minimum absolute atomic E-state index is 0.209. The van der Waals surface area contributed by atoms with Gasteiger partial charge >= 0.3 is 0 Å². The lowest BCUT2D eigenvalue weighted by atomic mass is 10.1. The molecular formula is C26H29N3O5S. The van der Waals surface area contributed by atoms with Gasteiger partial charge in [-0.25, -0.2) is 8.42 Å². The molecule has 2 N–H and O–H groups in total. The van der Waals surface area contributed by atoms with Crippen molar-refractivity contribution in [1.82, 2.24) is 5.32 Å². The summed E-state index contributed by atoms with van der Waals surface area (Å²) >= 11 is 0. The summed E-state index contributed by atoms with van der Waals surface area (Å²) < 4.78 is 30.2. The summed E-state index contributed by atoms with van der Waals surface area (Å²) in [6, 6.07) is 22.5. The van der Waals surface area contributed by atoms with E-state index in [1.54, 1.807) is 55.5 Å². The average Bonchev–Trinajstić information content (AvgIpc) is 2.84. The molecule has 0 saturated heterocycles. The van der Waals surface area contributed by atoms with E-state index >= 15 is 0 Å². The molecule has 0 bridgehead atoms. The van der Waals surface area contributed by atoms with Crippen LogP contribution in [0, 0.1) is 0 Å². The maximum atomic E-state index is 12.9. The molecule has 0 aliphatic heterocycles. The van der Waals surface area contributed by atoms with Crippen molar-refractivity contribution in [3.63, 3.8) is 0 Å². The normalized spacial score (nSPS) is 12.8. The van der Waals surface area contributed by atoms with Crippen LogP contribution in [0.2, 0.25) is 0 Å². The van der Waals surface area contributed by atoms with E-state index in [1.807, 2.05) is 37.3 Å². The summed E-state index contributed by atoms with van der Waals surface area (Å²) in [6.45, 7) is 3.48. The van der Waals surface area contributed by atoms with Crippen LogP contribution in [0.5, 0.6) is 5.75 Å². The number of carbonyl (C=O) groups excluding carboxylic acids is 2. The number of benzene rings is 3. The third kappa shape index (κ3) is 6.83. The number of para-hydroxylation sites is 1.